The summed E-state index contributed by atoms with van der Waals surface area (Å²) < 4.78 is 11.6. The van der Waals surface area contributed by atoms with Gasteiger partial charge in [0.2, 0.25) is 0 Å². The van der Waals surface area contributed by atoms with Gasteiger partial charge in [0.25, 0.3) is 5.91 Å². The fourth-order valence-electron chi connectivity index (χ4n) is 3.69. The average Bonchev–Trinajstić information content (AvgIpc) is 3.12. The van der Waals surface area contributed by atoms with Crippen LogP contribution in [0.4, 0.5) is 5.69 Å². The molecule has 4 nitrogen and oxygen atoms in total. The lowest BCUT2D eigenvalue weighted by Gasteiger charge is -2.26. The van der Waals surface area contributed by atoms with Crippen LogP contribution in [0.25, 0.3) is 0 Å². The highest BCUT2D eigenvalue weighted by atomic mass is 16.5. The Bertz CT molecular complexity index is 741. The first-order valence-electron chi connectivity index (χ1n) is 9.19. The number of ether oxygens (including phenoxy) is 2. The fourth-order valence-corrected chi connectivity index (χ4v) is 3.69. The number of amides is 1. The summed E-state index contributed by atoms with van der Waals surface area (Å²) in [4.78, 5) is 12.7. The van der Waals surface area contributed by atoms with Crippen molar-refractivity contribution in [2.45, 2.75) is 51.7 Å². The number of aryl methyl sites for hydroxylation is 2. The Kier molecular flexibility index (Phi) is 5.62. The number of hydrogen-bond donors (Lipinski definition) is 1. The summed E-state index contributed by atoms with van der Waals surface area (Å²) in [6, 6.07) is 14.0. The van der Waals surface area contributed by atoms with E-state index in [2.05, 4.69) is 5.32 Å². The third-order valence-electron chi connectivity index (χ3n) is 5.16. The number of methoxy groups -OCH3 is 1. The number of carbonyl (C=O) groups excluding carboxylic acids is 1. The standard InChI is InChI=1S/C22H27NO3/c1-16-13-19(23-21(24)22(25-3)11-7-8-12-22)14-17(2)20(16)26-15-18-9-5-4-6-10-18/h4-6,9-10,13-14H,7-8,11-12,15H2,1-3H3,(H,23,24). The molecule has 1 saturated carbocycles. The van der Waals surface area contributed by atoms with Gasteiger partial charge < -0.3 is 14.8 Å². The zero-order valence-electron chi connectivity index (χ0n) is 15.8. The summed E-state index contributed by atoms with van der Waals surface area (Å²) in [5.41, 5.74) is 3.26. The summed E-state index contributed by atoms with van der Waals surface area (Å²) in [6.07, 6.45) is 3.63. The molecular formula is C22H27NO3. The maximum atomic E-state index is 12.7. The molecule has 0 aromatic heterocycles. The van der Waals surface area contributed by atoms with Gasteiger partial charge in [0.15, 0.2) is 0 Å². The van der Waals surface area contributed by atoms with Crippen LogP contribution in [0.1, 0.15) is 42.4 Å². The van der Waals surface area contributed by atoms with E-state index in [1.54, 1.807) is 7.11 Å². The normalized spacial score (nSPS) is 15.7. The van der Waals surface area contributed by atoms with E-state index in [-0.39, 0.29) is 5.91 Å². The monoisotopic (exact) mass is 353 g/mol. The van der Waals surface area contributed by atoms with E-state index in [0.29, 0.717) is 6.61 Å². The lowest BCUT2D eigenvalue weighted by molar-refractivity contribution is -0.136. The van der Waals surface area contributed by atoms with Gasteiger partial charge in [-0.2, -0.15) is 0 Å². The minimum atomic E-state index is -0.676. The van der Waals surface area contributed by atoms with Crippen molar-refractivity contribution < 1.29 is 14.3 Å². The van der Waals surface area contributed by atoms with Gasteiger partial charge in [0.05, 0.1) is 0 Å². The molecule has 0 spiro atoms. The van der Waals surface area contributed by atoms with E-state index in [4.69, 9.17) is 9.47 Å². The van der Waals surface area contributed by atoms with Crippen LogP contribution in [0, 0.1) is 13.8 Å². The van der Waals surface area contributed by atoms with Gasteiger partial charge in [-0.15, -0.1) is 0 Å². The van der Waals surface area contributed by atoms with Gasteiger partial charge in [-0.1, -0.05) is 30.3 Å². The lowest BCUT2D eigenvalue weighted by atomic mass is 10.0. The Hall–Kier alpha value is -2.33. The van der Waals surface area contributed by atoms with Crippen LogP contribution in [0.5, 0.6) is 5.75 Å². The molecule has 138 valence electrons. The molecular weight excluding hydrogens is 326 g/mol. The highest BCUT2D eigenvalue weighted by Crippen LogP contribution is 2.35. The van der Waals surface area contributed by atoms with Crippen molar-refractivity contribution in [2.24, 2.45) is 0 Å². The minimum Gasteiger partial charge on any atom is -0.488 e. The van der Waals surface area contributed by atoms with Gasteiger partial charge in [-0.05, 0) is 68.4 Å². The average molecular weight is 353 g/mol. The van der Waals surface area contributed by atoms with Crippen LogP contribution in [-0.4, -0.2) is 18.6 Å². The number of carbonyl (C=O) groups is 1. The second kappa shape index (κ2) is 7.92. The molecule has 4 heteroatoms. The highest BCUT2D eigenvalue weighted by Gasteiger charge is 2.41. The van der Waals surface area contributed by atoms with Crippen LogP contribution in [-0.2, 0) is 16.1 Å². The summed E-state index contributed by atoms with van der Waals surface area (Å²) in [5.74, 6) is 0.823. The summed E-state index contributed by atoms with van der Waals surface area (Å²) in [5, 5.41) is 3.04. The van der Waals surface area contributed by atoms with Crippen LogP contribution in [0.3, 0.4) is 0 Å². The van der Waals surface area contributed by atoms with Crippen molar-refractivity contribution in [3.05, 3.63) is 59.2 Å². The van der Waals surface area contributed by atoms with Crippen molar-refractivity contribution >= 4 is 11.6 Å². The van der Waals surface area contributed by atoms with Gasteiger partial charge in [-0.3, -0.25) is 4.79 Å². The summed E-state index contributed by atoms with van der Waals surface area (Å²) in [7, 11) is 1.63. The van der Waals surface area contributed by atoms with Crippen molar-refractivity contribution in [1.82, 2.24) is 0 Å². The van der Waals surface area contributed by atoms with Crippen molar-refractivity contribution in [3.8, 4) is 5.75 Å². The first-order chi connectivity index (χ1) is 12.5. The van der Waals surface area contributed by atoms with Gasteiger partial charge >= 0.3 is 0 Å². The van der Waals surface area contributed by atoms with Gasteiger partial charge in [0, 0.05) is 12.8 Å². The van der Waals surface area contributed by atoms with E-state index in [1.165, 1.54) is 0 Å². The SMILES string of the molecule is COC1(C(=O)Nc2cc(C)c(OCc3ccccc3)c(C)c2)CCCC1. The maximum absolute atomic E-state index is 12.7. The summed E-state index contributed by atoms with van der Waals surface area (Å²) in [6.45, 7) is 4.54. The quantitative estimate of drug-likeness (QED) is 0.813. The molecule has 26 heavy (non-hydrogen) atoms. The van der Waals surface area contributed by atoms with Crippen LogP contribution in [0.2, 0.25) is 0 Å². The Morgan fingerprint density at radius 3 is 2.27 bits per heavy atom. The molecule has 1 N–H and O–H groups in total. The Morgan fingerprint density at radius 1 is 1.08 bits per heavy atom. The molecule has 1 aliphatic carbocycles. The molecule has 0 aliphatic heterocycles. The van der Waals surface area contributed by atoms with E-state index in [0.717, 1.165) is 53.8 Å². The zero-order valence-corrected chi connectivity index (χ0v) is 15.8. The number of anilines is 1. The van der Waals surface area contributed by atoms with Crippen LogP contribution in [0.15, 0.2) is 42.5 Å². The predicted molar refractivity (Wildman–Crippen MR) is 104 cm³/mol. The molecule has 1 fully saturated rings. The Morgan fingerprint density at radius 2 is 1.69 bits per heavy atom. The van der Waals surface area contributed by atoms with Crippen LogP contribution >= 0.6 is 0 Å². The third-order valence-corrected chi connectivity index (χ3v) is 5.16. The molecule has 2 aromatic carbocycles. The Balaban J connectivity index is 1.71. The molecule has 0 unspecified atom stereocenters. The summed E-state index contributed by atoms with van der Waals surface area (Å²) >= 11 is 0. The van der Waals surface area contributed by atoms with Gasteiger partial charge in [0.1, 0.15) is 18.0 Å². The van der Waals surface area contributed by atoms with Crippen molar-refractivity contribution in [2.75, 3.05) is 12.4 Å². The van der Waals surface area contributed by atoms with Crippen molar-refractivity contribution in [3.63, 3.8) is 0 Å². The second-order valence-electron chi connectivity index (χ2n) is 7.07. The molecule has 0 heterocycles. The molecule has 0 saturated heterocycles. The topological polar surface area (TPSA) is 47.6 Å². The molecule has 2 aromatic rings. The maximum Gasteiger partial charge on any atom is 0.256 e. The molecule has 0 atom stereocenters. The predicted octanol–water partition coefficient (Wildman–Crippen LogP) is 4.78. The molecule has 3 rings (SSSR count). The fraction of sp³-hybridized carbons (Fsp3) is 0.409. The first-order valence-corrected chi connectivity index (χ1v) is 9.19. The molecule has 0 radical (unpaired) electrons. The van der Waals surface area contributed by atoms with E-state index >= 15 is 0 Å². The first kappa shape index (κ1) is 18.5. The van der Waals surface area contributed by atoms with Crippen molar-refractivity contribution in [1.29, 1.82) is 0 Å². The van der Waals surface area contributed by atoms with Gasteiger partial charge in [-0.25, -0.2) is 0 Å². The third kappa shape index (κ3) is 3.91. The number of hydrogen-bond acceptors (Lipinski definition) is 3. The molecule has 1 amide bonds. The number of rotatable bonds is 6. The van der Waals surface area contributed by atoms with Crippen LogP contribution < -0.4 is 10.1 Å². The molecule has 1 aliphatic rings. The lowest BCUT2D eigenvalue weighted by Crippen LogP contribution is -2.42. The Labute approximate surface area is 155 Å². The van der Waals surface area contributed by atoms with E-state index < -0.39 is 5.60 Å². The zero-order chi connectivity index (χ0) is 18.6. The van der Waals surface area contributed by atoms with E-state index in [1.807, 2.05) is 56.3 Å². The number of nitrogens with one attached hydrogen (secondary N) is 1. The molecule has 0 bridgehead atoms. The largest absolute Gasteiger partial charge is 0.488 e. The minimum absolute atomic E-state index is 0.0470. The van der Waals surface area contributed by atoms with E-state index in [9.17, 15) is 4.79 Å². The smallest absolute Gasteiger partial charge is 0.256 e. The number of benzene rings is 2. The highest BCUT2D eigenvalue weighted by molar-refractivity contribution is 5.97. The second-order valence-corrected chi connectivity index (χ2v) is 7.07.